The number of carbonyl (C=O) groups is 1. The molecule has 5 heteroatoms. The second-order valence-corrected chi connectivity index (χ2v) is 11.6. The molecule has 6 rings (SSSR count). The average molecular weight is 436 g/mol. The third kappa shape index (κ3) is 2.59. The van der Waals surface area contributed by atoms with E-state index in [1.165, 1.54) is 22.2 Å². The van der Waals surface area contributed by atoms with Gasteiger partial charge in [0, 0.05) is 17.4 Å². The number of nitrogens with zero attached hydrogens (tertiary/aromatic N) is 1. The highest BCUT2D eigenvalue weighted by molar-refractivity contribution is 7.16. The van der Waals surface area contributed by atoms with E-state index in [2.05, 4.69) is 19.9 Å². The summed E-state index contributed by atoms with van der Waals surface area (Å²) in [7, 11) is 0. The van der Waals surface area contributed by atoms with Crippen molar-refractivity contribution in [2.75, 3.05) is 0 Å². The highest BCUT2D eigenvalue weighted by Crippen LogP contribution is 2.65. The Bertz CT molecular complexity index is 1130. The van der Waals surface area contributed by atoms with Gasteiger partial charge in [-0.2, -0.15) is 0 Å². The molecule has 0 saturated heterocycles. The number of aromatic hydroxyl groups is 2. The molecule has 162 valence electrons. The quantitative estimate of drug-likeness (QED) is 0.541. The second kappa shape index (κ2) is 6.44. The van der Waals surface area contributed by atoms with Crippen LogP contribution in [0.2, 0.25) is 0 Å². The Morgan fingerprint density at radius 3 is 2.65 bits per heavy atom. The summed E-state index contributed by atoms with van der Waals surface area (Å²) in [6.07, 6.45) is 9.72. The van der Waals surface area contributed by atoms with Crippen LogP contribution >= 0.6 is 11.3 Å². The number of aryl methyl sites for hydroxylation is 1. The van der Waals surface area contributed by atoms with Crippen molar-refractivity contribution >= 4 is 22.7 Å². The maximum absolute atomic E-state index is 12.7. The number of hydrogen-bond donors (Lipinski definition) is 2. The molecule has 0 radical (unpaired) electrons. The van der Waals surface area contributed by atoms with Crippen LogP contribution in [0.4, 0.5) is 0 Å². The third-order valence-electron chi connectivity index (χ3n) is 9.22. The van der Waals surface area contributed by atoms with Crippen molar-refractivity contribution < 1.29 is 15.0 Å². The first-order chi connectivity index (χ1) is 14.8. The van der Waals surface area contributed by atoms with Crippen LogP contribution in [-0.4, -0.2) is 21.0 Å². The van der Waals surface area contributed by atoms with Crippen molar-refractivity contribution in [2.45, 2.75) is 58.8 Å². The summed E-state index contributed by atoms with van der Waals surface area (Å²) in [4.78, 5) is 18.9. The minimum absolute atomic E-state index is 0.0821. The number of thiazole rings is 1. The zero-order valence-electron chi connectivity index (χ0n) is 18.1. The predicted molar refractivity (Wildman–Crippen MR) is 122 cm³/mol. The number of allylic oxidation sites excluding steroid dienone is 2. The highest BCUT2D eigenvalue weighted by atomic mass is 32.1. The van der Waals surface area contributed by atoms with Crippen molar-refractivity contribution in [2.24, 2.45) is 28.6 Å². The van der Waals surface area contributed by atoms with E-state index in [9.17, 15) is 15.0 Å². The number of Topliss-reactive ketones (excluding diaryl/α,β-unsaturated/α-hetero) is 1. The number of benzene rings is 1. The van der Waals surface area contributed by atoms with Crippen LogP contribution in [0.25, 0.3) is 16.1 Å². The number of carbonyl (C=O) groups excluding carboxylic acids is 1. The molecule has 4 nitrogen and oxygen atoms in total. The van der Waals surface area contributed by atoms with Gasteiger partial charge in [-0.3, -0.25) is 4.79 Å². The number of phenols is 2. The van der Waals surface area contributed by atoms with Gasteiger partial charge < -0.3 is 10.2 Å². The molecule has 31 heavy (non-hydrogen) atoms. The van der Waals surface area contributed by atoms with Crippen molar-refractivity contribution in [1.29, 1.82) is 0 Å². The normalized spacial score (nSPS) is 36.3. The van der Waals surface area contributed by atoms with Crippen LogP contribution in [0, 0.1) is 28.6 Å². The first-order valence-corrected chi connectivity index (χ1v) is 12.4. The van der Waals surface area contributed by atoms with Gasteiger partial charge in [0.1, 0.15) is 10.8 Å². The fraction of sp³-hybridized carbons (Fsp3) is 0.538. The van der Waals surface area contributed by atoms with Crippen LogP contribution < -0.4 is 0 Å². The van der Waals surface area contributed by atoms with E-state index in [1.807, 2.05) is 6.07 Å². The lowest BCUT2D eigenvalue weighted by Crippen LogP contribution is -2.49. The second-order valence-electron chi connectivity index (χ2n) is 10.6. The lowest BCUT2D eigenvalue weighted by Gasteiger charge is -2.55. The maximum atomic E-state index is 12.7. The Balaban J connectivity index is 1.39. The van der Waals surface area contributed by atoms with Crippen LogP contribution in [0.3, 0.4) is 0 Å². The lowest BCUT2D eigenvalue weighted by atomic mass is 9.48. The summed E-state index contributed by atoms with van der Waals surface area (Å²) in [5.41, 5.74) is 3.56. The van der Waals surface area contributed by atoms with Crippen molar-refractivity contribution in [3.8, 4) is 22.1 Å². The molecule has 2 N–H and O–H groups in total. The van der Waals surface area contributed by atoms with E-state index in [1.54, 1.807) is 17.4 Å². The Labute approximate surface area is 187 Å². The largest absolute Gasteiger partial charge is 0.504 e. The smallest absolute Gasteiger partial charge is 0.158 e. The van der Waals surface area contributed by atoms with Gasteiger partial charge in [-0.05, 0) is 85.5 Å². The Hall–Kier alpha value is -2.14. The molecule has 4 aliphatic rings. The molecular weight excluding hydrogens is 406 g/mol. The molecule has 4 aliphatic carbocycles. The van der Waals surface area contributed by atoms with E-state index < -0.39 is 0 Å². The first kappa shape index (κ1) is 19.5. The molecular formula is C26H29NO3S. The summed E-state index contributed by atoms with van der Waals surface area (Å²) >= 11 is 1.72. The molecule has 0 spiro atoms. The van der Waals surface area contributed by atoms with Gasteiger partial charge in [-0.1, -0.05) is 19.9 Å². The van der Waals surface area contributed by atoms with Gasteiger partial charge in [0.25, 0.3) is 0 Å². The summed E-state index contributed by atoms with van der Waals surface area (Å²) < 4.78 is 0. The average Bonchev–Trinajstić information content (AvgIpc) is 3.31. The van der Waals surface area contributed by atoms with Crippen molar-refractivity contribution in [3.63, 3.8) is 0 Å². The van der Waals surface area contributed by atoms with Crippen LogP contribution in [0.1, 0.15) is 62.9 Å². The van der Waals surface area contributed by atoms with Gasteiger partial charge in [0.15, 0.2) is 11.5 Å². The SMILES string of the molecule is C[C@]12CCc3nc(-c4ccc(O)c(O)c4)sc3C1=CC[C@@H]1[C@@H]2CC[C@]2(C)C(=O)CC[C@@H]12. The zero-order chi connectivity index (χ0) is 21.5. The molecule has 0 bridgehead atoms. The topological polar surface area (TPSA) is 70.4 Å². The van der Waals surface area contributed by atoms with E-state index >= 15 is 0 Å². The minimum Gasteiger partial charge on any atom is -0.504 e. The van der Waals surface area contributed by atoms with E-state index in [0.29, 0.717) is 23.5 Å². The summed E-state index contributed by atoms with van der Waals surface area (Å²) in [5, 5.41) is 20.5. The predicted octanol–water partition coefficient (Wildman–Crippen LogP) is 5.97. The number of aromatic nitrogens is 1. The highest BCUT2D eigenvalue weighted by Gasteiger charge is 2.58. The third-order valence-corrected chi connectivity index (χ3v) is 10.4. The summed E-state index contributed by atoms with van der Waals surface area (Å²) in [5.74, 6) is 2.12. The Morgan fingerprint density at radius 2 is 1.84 bits per heavy atom. The Morgan fingerprint density at radius 1 is 1.03 bits per heavy atom. The molecule has 0 aliphatic heterocycles. The summed E-state index contributed by atoms with van der Waals surface area (Å²) in [6, 6.07) is 4.95. The zero-order valence-corrected chi connectivity index (χ0v) is 19.0. The number of fused-ring (bicyclic) bond motifs is 7. The van der Waals surface area contributed by atoms with Gasteiger partial charge in [0.05, 0.1) is 10.6 Å². The van der Waals surface area contributed by atoms with Gasteiger partial charge in [0.2, 0.25) is 0 Å². The molecule has 1 aromatic heterocycles. The number of hydrogen-bond acceptors (Lipinski definition) is 5. The van der Waals surface area contributed by atoms with E-state index in [0.717, 1.165) is 55.5 Å². The fourth-order valence-electron chi connectivity index (χ4n) is 7.43. The Kier molecular flexibility index (Phi) is 4.06. The van der Waals surface area contributed by atoms with Crippen LogP contribution in [0.5, 0.6) is 11.5 Å². The summed E-state index contributed by atoms with van der Waals surface area (Å²) in [6.45, 7) is 4.70. The van der Waals surface area contributed by atoms with E-state index in [-0.39, 0.29) is 22.3 Å². The molecule has 5 atom stereocenters. The standard InChI is InChI=1S/C26H29NO3S/c1-25-12-10-19-23(31-24(27-19)14-3-7-20(28)21(29)13-14)18(25)5-4-15-16-6-8-22(30)26(16,2)11-9-17(15)25/h3,5,7,13,15-17,28-29H,4,6,8-12H2,1-2H3/t15-,16-,17-,25+,26-/m0/s1. The molecule has 2 aromatic rings. The fourth-order valence-corrected chi connectivity index (χ4v) is 8.71. The molecule has 0 unspecified atom stereocenters. The molecule has 1 aromatic carbocycles. The molecule has 2 fully saturated rings. The first-order valence-electron chi connectivity index (χ1n) is 11.6. The van der Waals surface area contributed by atoms with Gasteiger partial charge in [-0.15, -0.1) is 11.3 Å². The molecule has 2 saturated carbocycles. The van der Waals surface area contributed by atoms with Crippen molar-refractivity contribution in [1.82, 2.24) is 4.98 Å². The lowest BCUT2D eigenvalue weighted by molar-refractivity contribution is -0.131. The minimum atomic E-state index is -0.105. The monoisotopic (exact) mass is 435 g/mol. The number of phenolic OH excluding ortho intramolecular Hbond substituents is 2. The number of rotatable bonds is 1. The number of ketones is 1. The van der Waals surface area contributed by atoms with Crippen molar-refractivity contribution in [3.05, 3.63) is 34.8 Å². The molecule has 0 amide bonds. The molecule has 1 heterocycles. The maximum Gasteiger partial charge on any atom is 0.158 e. The van der Waals surface area contributed by atoms with E-state index in [4.69, 9.17) is 4.98 Å². The van der Waals surface area contributed by atoms with Gasteiger partial charge in [-0.25, -0.2) is 4.98 Å². The van der Waals surface area contributed by atoms with Crippen LogP contribution in [-0.2, 0) is 11.2 Å². The van der Waals surface area contributed by atoms with Gasteiger partial charge >= 0.3 is 0 Å². The van der Waals surface area contributed by atoms with Crippen LogP contribution in [0.15, 0.2) is 24.3 Å².